The van der Waals surface area contributed by atoms with Gasteiger partial charge in [-0.25, -0.2) is 4.79 Å². The molecule has 4 rings (SSSR count). The lowest BCUT2D eigenvalue weighted by Gasteiger charge is -2.19. The molecule has 2 aromatic carbocycles. The number of carbonyl (C=O) groups is 1. The number of ether oxygens (including phenoxy) is 5. The van der Waals surface area contributed by atoms with Crippen molar-refractivity contribution in [3.8, 4) is 23.0 Å². The number of benzene rings is 2. The van der Waals surface area contributed by atoms with Crippen molar-refractivity contribution >= 4 is 17.1 Å². The lowest BCUT2D eigenvalue weighted by atomic mass is 9.99. The topological polar surface area (TPSA) is 76.1 Å². The van der Waals surface area contributed by atoms with E-state index in [4.69, 9.17) is 23.9 Å². The van der Waals surface area contributed by atoms with Crippen LogP contribution in [-0.2, 0) is 15.9 Å². The van der Waals surface area contributed by atoms with E-state index in [0.29, 0.717) is 52.3 Å². The summed E-state index contributed by atoms with van der Waals surface area (Å²) in [4.78, 5) is 17.4. The molecule has 0 N–H and O–H groups in total. The highest BCUT2D eigenvalue weighted by molar-refractivity contribution is 5.94. The third-order valence-electron chi connectivity index (χ3n) is 6.15. The Hall–Kier alpha value is -3.53. The standard InChI is InChI=1S/C27H28F3NO6/c1-5-21-16(3)25(36-26(32)34-14-20-7-6-12-33-20)23-17(4)24(15(2)13-22(23)31-21)35-18-8-10-19(11-9-18)37-27(28,29)30/h8-11,13,20H,5-7,12,14H2,1-4H3. The summed E-state index contributed by atoms with van der Waals surface area (Å²) in [6, 6.07) is 6.93. The number of hydrogen-bond donors (Lipinski definition) is 0. The second kappa shape index (κ2) is 10.8. The van der Waals surface area contributed by atoms with E-state index in [2.05, 4.69) is 4.74 Å². The van der Waals surface area contributed by atoms with Gasteiger partial charge in [0.2, 0.25) is 0 Å². The van der Waals surface area contributed by atoms with Gasteiger partial charge in [-0.3, -0.25) is 4.98 Å². The van der Waals surface area contributed by atoms with Crippen LogP contribution in [0.1, 0.15) is 42.1 Å². The molecule has 1 fully saturated rings. The summed E-state index contributed by atoms with van der Waals surface area (Å²) in [6.45, 7) is 8.20. The number of hydrogen-bond acceptors (Lipinski definition) is 7. The molecule has 1 unspecified atom stereocenters. The van der Waals surface area contributed by atoms with Crippen LogP contribution in [0.25, 0.3) is 10.9 Å². The first kappa shape index (κ1) is 26.5. The summed E-state index contributed by atoms with van der Waals surface area (Å²) < 4.78 is 63.9. The van der Waals surface area contributed by atoms with Gasteiger partial charge >= 0.3 is 12.5 Å². The minimum absolute atomic E-state index is 0.113. The number of fused-ring (bicyclic) bond motifs is 1. The van der Waals surface area contributed by atoms with Crippen LogP contribution in [0.5, 0.6) is 23.0 Å². The highest BCUT2D eigenvalue weighted by Crippen LogP contribution is 2.41. The fourth-order valence-electron chi connectivity index (χ4n) is 4.37. The smallest absolute Gasteiger partial charge is 0.457 e. The van der Waals surface area contributed by atoms with Crippen molar-refractivity contribution in [3.63, 3.8) is 0 Å². The Balaban J connectivity index is 1.66. The Bertz CT molecular complexity index is 1280. The van der Waals surface area contributed by atoms with Gasteiger partial charge in [-0.05, 0) is 75.9 Å². The van der Waals surface area contributed by atoms with E-state index in [1.54, 1.807) is 0 Å². The molecule has 198 valence electrons. The number of nitrogens with zero attached hydrogens (tertiary/aromatic N) is 1. The van der Waals surface area contributed by atoms with E-state index in [9.17, 15) is 18.0 Å². The Kier molecular flexibility index (Phi) is 7.77. The van der Waals surface area contributed by atoms with Crippen LogP contribution in [0.3, 0.4) is 0 Å². The molecule has 1 aromatic heterocycles. The van der Waals surface area contributed by atoms with Gasteiger partial charge in [0.15, 0.2) is 0 Å². The fourth-order valence-corrected chi connectivity index (χ4v) is 4.37. The average molecular weight is 520 g/mol. The van der Waals surface area contributed by atoms with Crippen molar-refractivity contribution in [2.45, 2.75) is 59.4 Å². The highest BCUT2D eigenvalue weighted by Gasteiger charge is 2.31. The molecule has 0 aliphatic carbocycles. The van der Waals surface area contributed by atoms with Crippen molar-refractivity contribution in [3.05, 3.63) is 52.7 Å². The lowest BCUT2D eigenvalue weighted by molar-refractivity contribution is -0.274. The molecular formula is C27H28F3NO6. The number of aryl methyl sites for hydroxylation is 3. The second-order valence-electron chi connectivity index (χ2n) is 8.83. The molecule has 1 atom stereocenters. The molecule has 1 aliphatic heterocycles. The molecule has 37 heavy (non-hydrogen) atoms. The van der Waals surface area contributed by atoms with Crippen molar-refractivity contribution in [2.75, 3.05) is 13.2 Å². The summed E-state index contributed by atoms with van der Waals surface area (Å²) in [5, 5.41) is 0.585. The number of pyridine rings is 1. The molecule has 0 spiro atoms. The number of carbonyl (C=O) groups excluding carboxylic acids is 1. The maximum atomic E-state index is 12.6. The van der Waals surface area contributed by atoms with Gasteiger partial charge in [0, 0.05) is 23.4 Å². The molecule has 1 saturated heterocycles. The van der Waals surface area contributed by atoms with Crippen LogP contribution >= 0.6 is 0 Å². The Morgan fingerprint density at radius 3 is 2.41 bits per heavy atom. The second-order valence-corrected chi connectivity index (χ2v) is 8.83. The van der Waals surface area contributed by atoms with Crippen LogP contribution in [0.2, 0.25) is 0 Å². The Morgan fingerprint density at radius 1 is 1.08 bits per heavy atom. The Labute approximate surface area is 212 Å². The number of halogens is 3. The van der Waals surface area contributed by atoms with E-state index in [-0.39, 0.29) is 18.5 Å². The first-order valence-corrected chi connectivity index (χ1v) is 12.0. The summed E-state index contributed by atoms with van der Waals surface area (Å²) in [5.74, 6) is 0.764. The zero-order chi connectivity index (χ0) is 26.7. The number of aromatic nitrogens is 1. The van der Waals surface area contributed by atoms with Crippen LogP contribution in [0, 0.1) is 20.8 Å². The molecule has 1 aliphatic rings. The predicted molar refractivity (Wildman–Crippen MR) is 129 cm³/mol. The lowest BCUT2D eigenvalue weighted by Crippen LogP contribution is -2.20. The molecular weight excluding hydrogens is 491 g/mol. The zero-order valence-corrected chi connectivity index (χ0v) is 21.0. The highest BCUT2D eigenvalue weighted by atomic mass is 19.4. The SMILES string of the molecule is CCc1nc2cc(C)c(Oc3ccc(OC(F)(F)F)cc3)c(C)c2c(OC(=O)OCC2CCCO2)c1C. The zero-order valence-electron chi connectivity index (χ0n) is 21.0. The van der Waals surface area contributed by atoms with Gasteiger partial charge in [0.25, 0.3) is 0 Å². The van der Waals surface area contributed by atoms with Gasteiger partial charge in [-0.15, -0.1) is 13.2 Å². The van der Waals surface area contributed by atoms with Crippen LogP contribution < -0.4 is 14.2 Å². The largest absolute Gasteiger partial charge is 0.573 e. The number of alkyl halides is 3. The first-order chi connectivity index (χ1) is 17.6. The number of rotatable bonds is 7. The van der Waals surface area contributed by atoms with Gasteiger partial charge < -0.3 is 23.7 Å². The molecule has 0 bridgehead atoms. The summed E-state index contributed by atoms with van der Waals surface area (Å²) in [6.07, 6.45) is -3.37. The minimum Gasteiger partial charge on any atom is -0.457 e. The van der Waals surface area contributed by atoms with Gasteiger partial charge in [0.1, 0.15) is 29.6 Å². The molecule has 3 aromatic rings. The summed E-state index contributed by atoms with van der Waals surface area (Å²) >= 11 is 0. The van der Waals surface area contributed by atoms with E-state index < -0.39 is 12.5 Å². The van der Waals surface area contributed by atoms with Crippen molar-refractivity contribution in [1.29, 1.82) is 0 Å². The molecule has 10 heteroatoms. The molecule has 7 nitrogen and oxygen atoms in total. The van der Waals surface area contributed by atoms with Gasteiger partial charge in [0.05, 0.1) is 17.0 Å². The third-order valence-corrected chi connectivity index (χ3v) is 6.15. The first-order valence-electron chi connectivity index (χ1n) is 12.0. The predicted octanol–water partition coefficient (Wildman–Crippen LogP) is 7.11. The van der Waals surface area contributed by atoms with Crippen LogP contribution in [-0.4, -0.2) is 36.8 Å². The van der Waals surface area contributed by atoms with Crippen LogP contribution in [0.15, 0.2) is 30.3 Å². The molecule has 0 saturated carbocycles. The monoisotopic (exact) mass is 519 g/mol. The van der Waals surface area contributed by atoms with Gasteiger partial charge in [-0.2, -0.15) is 0 Å². The van der Waals surface area contributed by atoms with Crippen molar-refractivity contribution in [1.82, 2.24) is 4.98 Å². The van der Waals surface area contributed by atoms with Crippen molar-refractivity contribution in [2.24, 2.45) is 0 Å². The summed E-state index contributed by atoms with van der Waals surface area (Å²) in [7, 11) is 0. The van der Waals surface area contributed by atoms with E-state index >= 15 is 0 Å². The third kappa shape index (κ3) is 6.25. The van der Waals surface area contributed by atoms with Gasteiger partial charge in [-0.1, -0.05) is 6.92 Å². The fraction of sp³-hybridized carbons (Fsp3) is 0.407. The summed E-state index contributed by atoms with van der Waals surface area (Å²) in [5.41, 5.74) is 3.52. The van der Waals surface area contributed by atoms with E-state index in [0.717, 1.165) is 24.1 Å². The maximum Gasteiger partial charge on any atom is 0.573 e. The normalized spacial score (nSPS) is 15.6. The Morgan fingerprint density at radius 2 is 1.78 bits per heavy atom. The molecule has 2 heterocycles. The maximum absolute atomic E-state index is 12.6. The van der Waals surface area contributed by atoms with E-state index in [1.165, 1.54) is 24.3 Å². The van der Waals surface area contributed by atoms with E-state index in [1.807, 2.05) is 33.8 Å². The van der Waals surface area contributed by atoms with Crippen LogP contribution in [0.4, 0.5) is 18.0 Å². The van der Waals surface area contributed by atoms with Crippen molar-refractivity contribution < 1.29 is 41.7 Å². The minimum atomic E-state index is -4.78. The molecule has 0 amide bonds. The molecule has 0 radical (unpaired) electrons. The quantitative estimate of drug-likeness (QED) is 0.308. The average Bonchev–Trinajstić information content (AvgIpc) is 3.36.